The van der Waals surface area contributed by atoms with Crippen LogP contribution in [0.5, 0.6) is 0 Å². The Kier molecular flexibility index (Phi) is 10.4. The van der Waals surface area contributed by atoms with Gasteiger partial charge in [0.05, 0.1) is 0 Å². The van der Waals surface area contributed by atoms with Gasteiger partial charge >= 0.3 is 66.0 Å². The number of rotatable bonds is 7. The summed E-state index contributed by atoms with van der Waals surface area (Å²) in [5, 5.41) is 0. The minimum Gasteiger partial charge on any atom is -0.218 e. The molecule has 6 aromatic rings. The SMILES string of the molecule is F[P-](F)(F)(F)(F)F.F[P-](F)(F)(F)(F)F.c1cc(-c2cc[n+](Cc3ccc(-c4ccc(C[n+]5ccc(-c6cc[nH+]cc6)cc5)cc4)cc3)cc2)cc[nH+]1. The van der Waals surface area contributed by atoms with E-state index in [2.05, 4.69) is 141 Å². The van der Waals surface area contributed by atoms with Gasteiger partial charge in [-0.1, -0.05) is 48.5 Å². The molecule has 4 aromatic heterocycles. The molecular formula is C34H30F12N4P2+2. The number of aromatic amines is 2. The minimum absolute atomic E-state index is 0.848. The predicted octanol–water partition coefficient (Wildman–Crippen LogP) is 11.8. The molecule has 0 aliphatic carbocycles. The number of pyridine rings is 4. The first-order valence-electron chi connectivity index (χ1n) is 14.9. The molecule has 0 radical (unpaired) electrons. The van der Waals surface area contributed by atoms with Gasteiger partial charge in [0.1, 0.15) is 0 Å². The largest absolute Gasteiger partial charge is 0.218 e. The maximum Gasteiger partial charge on any atom is 0.173 e. The second-order valence-corrected chi connectivity index (χ2v) is 15.2. The second kappa shape index (κ2) is 13.6. The number of H-pyrrole nitrogens is 2. The van der Waals surface area contributed by atoms with Crippen LogP contribution < -0.4 is 19.1 Å². The summed E-state index contributed by atoms with van der Waals surface area (Å²) in [6.07, 6.45) is 16.4. The van der Waals surface area contributed by atoms with Gasteiger partial charge in [0, 0.05) is 59.7 Å². The van der Waals surface area contributed by atoms with Crippen molar-refractivity contribution in [2.45, 2.75) is 13.1 Å². The zero-order valence-electron chi connectivity index (χ0n) is 26.6. The number of aromatic nitrogens is 4. The van der Waals surface area contributed by atoms with Crippen LogP contribution in [0.15, 0.2) is 147 Å². The first kappa shape index (κ1) is 39.8. The van der Waals surface area contributed by atoms with Gasteiger partial charge in [-0.15, -0.1) is 0 Å². The normalized spacial score (nSPS) is 14.2. The quantitative estimate of drug-likeness (QED) is 0.0878. The molecule has 18 heteroatoms. The zero-order valence-corrected chi connectivity index (χ0v) is 28.4. The van der Waals surface area contributed by atoms with Crippen LogP contribution in [0.2, 0.25) is 0 Å². The Morgan fingerprint density at radius 2 is 0.538 bits per heavy atom. The van der Waals surface area contributed by atoms with E-state index >= 15 is 0 Å². The smallest absolute Gasteiger partial charge is 0.173 e. The van der Waals surface area contributed by atoms with Gasteiger partial charge in [0.25, 0.3) is 0 Å². The molecule has 0 bridgehead atoms. The van der Waals surface area contributed by atoms with E-state index in [4.69, 9.17) is 0 Å². The summed E-state index contributed by atoms with van der Waals surface area (Å²) in [5.74, 6) is 0. The molecule has 0 aliphatic rings. The summed E-state index contributed by atoms with van der Waals surface area (Å²) in [5.41, 5.74) is 9.90. The van der Waals surface area contributed by atoms with Gasteiger partial charge < -0.3 is 0 Å². The molecule has 2 N–H and O–H groups in total. The fourth-order valence-electron chi connectivity index (χ4n) is 4.70. The van der Waals surface area contributed by atoms with Crippen molar-refractivity contribution in [3.05, 3.63) is 158 Å². The summed E-state index contributed by atoms with van der Waals surface area (Å²) in [6.45, 7) is 1.70. The van der Waals surface area contributed by atoms with Crippen molar-refractivity contribution in [1.29, 1.82) is 0 Å². The maximum atomic E-state index is 9.87. The maximum absolute atomic E-state index is 10.7. The van der Waals surface area contributed by atoms with Crippen LogP contribution in [0.3, 0.4) is 0 Å². The van der Waals surface area contributed by atoms with Crippen molar-refractivity contribution in [1.82, 2.24) is 0 Å². The molecule has 4 heterocycles. The number of nitrogens with zero attached hydrogens (tertiary/aromatic N) is 2. The van der Waals surface area contributed by atoms with Crippen LogP contribution in [0.25, 0.3) is 33.4 Å². The van der Waals surface area contributed by atoms with Crippen molar-refractivity contribution >= 4 is 15.6 Å². The van der Waals surface area contributed by atoms with Crippen LogP contribution in [-0.2, 0) is 13.1 Å². The van der Waals surface area contributed by atoms with Crippen molar-refractivity contribution in [3.63, 3.8) is 0 Å². The third kappa shape index (κ3) is 17.3. The van der Waals surface area contributed by atoms with Crippen molar-refractivity contribution in [3.8, 4) is 33.4 Å². The molecule has 0 saturated heterocycles. The Hall–Kier alpha value is -4.94. The topological polar surface area (TPSA) is 36.0 Å². The van der Waals surface area contributed by atoms with Crippen LogP contribution in [0.1, 0.15) is 11.1 Å². The Morgan fingerprint density at radius 1 is 0.327 bits per heavy atom. The van der Waals surface area contributed by atoms with E-state index in [1.807, 2.05) is 24.8 Å². The Bertz CT molecular complexity index is 1890. The van der Waals surface area contributed by atoms with Gasteiger partial charge in [0.15, 0.2) is 62.7 Å². The summed E-state index contributed by atoms with van der Waals surface area (Å²) in [7, 11) is -21.3. The molecule has 0 aliphatic heterocycles. The molecule has 6 rings (SSSR count). The van der Waals surface area contributed by atoms with E-state index in [-0.39, 0.29) is 0 Å². The van der Waals surface area contributed by atoms with Gasteiger partial charge in [-0.25, -0.2) is 19.1 Å². The van der Waals surface area contributed by atoms with Crippen molar-refractivity contribution in [2.24, 2.45) is 0 Å². The zero-order chi connectivity index (χ0) is 38.4. The van der Waals surface area contributed by atoms with Crippen molar-refractivity contribution < 1.29 is 69.5 Å². The van der Waals surface area contributed by atoms with Crippen LogP contribution >= 0.6 is 15.6 Å². The summed E-state index contributed by atoms with van der Waals surface area (Å²) >= 11 is 0. The summed E-state index contributed by atoms with van der Waals surface area (Å²) in [4.78, 5) is 6.15. The Labute approximate surface area is 289 Å². The predicted molar refractivity (Wildman–Crippen MR) is 174 cm³/mol. The van der Waals surface area contributed by atoms with E-state index in [1.54, 1.807) is 0 Å². The molecule has 4 nitrogen and oxygen atoms in total. The third-order valence-electron chi connectivity index (χ3n) is 6.86. The number of halogens is 12. The van der Waals surface area contributed by atoms with Gasteiger partial charge in [-0.3, -0.25) is 0 Å². The van der Waals surface area contributed by atoms with E-state index in [0.717, 1.165) is 13.1 Å². The second-order valence-electron chi connectivity index (χ2n) is 11.4. The van der Waals surface area contributed by atoms with Gasteiger partial charge in [-0.05, 0) is 33.4 Å². The molecule has 52 heavy (non-hydrogen) atoms. The molecule has 0 amide bonds. The first-order chi connectivity index (χ1) is 23.7. The fraction of sp³-hybridized carbons (Fsp3) is 0.0588. The van der Waals surface area contributed by atoms with Crippen LogP contribution in [0.4, 0.5) is 50.4 Å². The number of benzene rings is 2. The molecule has 0 atom stereocenters. The molecule has 278 valence electrons. The third-order valence-corrected chi connectivity index (χ3v) is 6.86. The first-order valence-corrected chi connectivity index (χ1v) is 19.0. The average molecular weight is 785 g/mol. The van der Waals surface area contributed by atoms with E-state index < -0.39 is 15.6 Å². The summed E-state index contributed by atoms with van der Waals surface area (Å²) in [6, 6.07) is 34.8. The Balaban J connectivity index is 0.000000367. The number of nitrogens with one attached hydrogen (secondary N) is 2. The molecular weight excluding hydrogens is 754 g/mol. The molecule has 2 aromatic carbocycles. The Morgan fingerprint density at radius 3 is 0.788 bits per heavy atom. The van der Waals surface area contributed by atoms with E-state index in [0.29, 0.717) is 0 Å². The monoisotopic (exact) mass is 784 g/mol. The molecule has 0 saturated carbocycles. The van der Waals surface area contributed by atoms with Crippen LogP contribution in [-0.4, -0.2) is 0 Å². The average Bonchev–Trinajstić information content (AvgIpc) is 3.04. The minimum atomic E-state index is -10.7. The van der Waals surface area contributed by atoms with Crippen molar-refractivity contribution in [2.75, 3.05) is 0 Å². The fourth-order valence-corrected chi connectivity index (χ4v) is 4.70. The van der Waals surface area contributed by atoms with Crippen LogP contribution in [0, 0.1) is 0 Å². The molecule has 0 unspecified atom stereocenters. The number of hydrogen-bond acceptors (Lipinski definition) is 0. The van der Waals surface area contributed by atoms with E-state index in [1.165, 1.54) is 44.5 Å². The number of hydrogen-bond donors (Lipinski definition) is 0. The van der Waals surface area contributed by atoms with Gasteiger partial charge in [-0.2, -0.15) is 0 Å². The van der Waals surface area contributed by atoms with Gasteiger partial charge in [0.2, 0.25) is 0 Å². The van der Waals surface area contributed by atoms with E-state index in [9.17, 15) is 50.4 Å². The summed E-state index contributed by atoms with van der Waals surface area (Å²) < 4.78 is 123. The molecule has 0 spiro atoms. The molecule has 0 fully saturated rings. The standard InChI is InChI=1S/C34H28N4.2F6P/c1-5-29(6-2-27(1)25-37-21-13-33(14-22-37)31-9-17-35-18-10-31)30-7-3-28(4-8-30)26-38-23-15-34(16-24-38)32-11-19-36-20-12-32;2*1-7(2,3,4,5)6/h1-24H,25-26H2;;/q+2;2*-1/p+2.